The second kappa shape index (κ2) is 9.16. The van der Waals surface area contributed by atoms with Crippen LogP contribution >= 0.6 is 0 Å². The fraction of sp³-hybridized carbons (Fsp3) is 0.333. The van der Waals surface area contributed by atoms with Gasteiger partial charge in [-0.05, 0) is 69.2 Å². The summed E-state index contributed by atoms with van der Waals surface area (Å²) in [6, 6.07) is 11.3. The Hall–Kier alpha value is -3.13. The highest BCUT2D eigenvalue weighted by molar-refractivity contribution is 5.95. The van der Waals surface area contributed by atoms with Gasteiger partial charge in [0.1, 0.15) is 6.33 Å². The molecule has 2 heterocycles. The topological polar surface area (TPSA) is 50.2 Å². The number of aromatic nitrogens is 2. The molecule has 1 aliphatic heterocycles. The maximum absolute atomic E-state index is 13.4. The molecule has 3 aromatic rings. The van der Waals surface area contributed by atoms with Crippen LogP contribution in [0.15, 0.2) is 54.9 Å². The Morgan fingerprint density at radius 2 is 1.91 bits per heavy atom. The molecule has 1 N–H and O–H groups in total. The monoisotopic (exact) mass is 442 g/mol. The molecule has 1 aliphatic rings. The number of nitrogens with one attached hydrogen (secondary N) is 1. The largest absolute Gasteiger partial charge is 0.416 e. The number of piperidine rings is 1. The summed E-state index contributed by atoms with van der Waals surface area (Å²) in [5, 5.41) is 2.88. The van der Waals surface area contributed by atoms with Gasteiger partial charge in [-0.25, -0.2) is 4.98 Å². The molecule has 168 valence electrons. The highest BCUT2D eigenvalue weighted by atomic mass is 19.4. The van der Waals surface area contributed by atoms with Crippen molar-refractivity contribution in [2.45, 2.75) is 19.0 Å². The summed E-state index contributed by atoms with van der Waals surface area (Å²) < 4.78 is 42.0. The van der Waals surface area contributed by atoms with Crippen LogP contribution in [0.5, 0.6) is 0 Å². The van der Waals surface area contributed by atoms with Crippen molar-refractivity contribution < 1.29 is 18.0 Å². The van der Waals surface area contributed by atoms with Gasteiger partial charge in [0, 0.05) is 23.9 Å². The Morgan fingerprint density at radius 3 is 2.59 bits per heavy atom. The van der Waals surface area contributed by atoms with E-state index in [4.69, 9.17) is 0 Å². The van der Waals surface area contributed by atoms with E-state index in [2.05, 4.69) is 22.2 Å². The summed E-state index contributed by atoms with van der Waals surface area (Å²) in [5.74, 6) is 0.101. The smallest absolute Gasteiger partial charge is 0.352 e. The molecular formula is C24H25F3N4O. The highest BCUT2D eigenvalue weighted by Gasteiger charge is 2.32. The molecule has 5 nitrogen and oxygen atoms in total. The highest BCUT2D eigenvalue weighted by Crippen LogP contribution is 2.34. The molecule has 0 aliphatic carbocycles. The molecule has 0 atom stereocenters. The van der Waals surface area contributed by atoms with E-state index >= 15 is 0 Å². The van der Waals surface area contributed by atoms with E-state index in [1.54, 1.807) is 4.57 Å². The molecule has 4 rings (SSSR count). The molecule has 1 fully saturated rings. The molecule has 0 unspecified atom stereocenters. The number of carbonyl (C=O) groups excluding carboxylic acids is 1. The molecule has 0 spiro atoms. The third kappa shape index (κ3) is 5.02. The van der Waals surface area contributed by atoms with Crippen LogP contribution in [0.25, 0.3) is 22.8 Å². The van der Waals surface area contributed by atoms with Crippen LogP contribution in [0.3, 0.4) is 0 Å². The van der Waals surface area contributed by atoms with Gasteiger partial charge < -0.3 is 10.2 Å². The Morgan fingerprint density at radius 1 is 1.19 bits per heavy atom. The summed E-state index contributed by atoms with van der Waals surface area (Å²) >= 11 is 0. The molecular weight excluding hydrogens is 417 g/mol. The summed E-state index contributed by atoms with van der Waals surface area (Å²) in [4.78, 5) is 18.8. The van der Waals surface area contributed by atoms with Crippen molar-refractivity contribution in [1.29, 1.82) is 0 Å². The van der Waals surface area contributed by atoms with Crippen LogP contribution in [-0.4, -0.2) is 47.0 Å². The Balaban J connectivity index is 1.61. The Bertz CT molecular complexity index is 1110. The van der Waals surface area contributed by atoms with E-state index in [9.17, 15) is 18.0 Å². The van der Waals surface area contributed by atoms with Gasteiger partial charge in [0.15, 0.2) is 0 Å². The molecule has 32 heavy (non-hydrogen) atoms. The molecule has 1 amide bonds. The van der Waals surface area contributed by atoms with E-state index in [-0.39, 0.29) is 17.0 Å². The van der Waals surface area contributed by atoms with Crippen LogP contribution in [0.1, 0.15) is 24.0 Å². The van der Waals surface area contributed by atoms with E-state index < -0.39 is 11.7 Å². The zero-order valence-corrected chi connectivity index (χ0v) is 17.8. The van der Waals surface area contributed by atoms with Crippen LogP contribution in [-0.2, 0) is 11.0 Å². The molecule has 0 radical (unpaired) electrons. The van der Waals surface area contributed by atoms with E-state index in [0.29, 0.717) is 18.0 Å². The quantitative estimate of drug-likeness (QED) is 0.592. The third-order valence-corrected chi connectivity index (χ3v) is 5.85. The maximum atomic E-state index is 13.4. The van der Waals surface area contributed by atoms with Gasteiger partial charge in [0.2, 0.25) is 5.91 Å². The van der Waals surface area contributed by atoms with Crippen molar-refractivity contribution in [3.05, 3.63) is 66.0 Å². The van der Waals surface area contributed by atoms with Crippen molar-refractivity contribution in [1.82, 2.24) is 19.8 Å². The number of imidazole rings is 1. The Labute approximate surface area is 184 Å². The third-order valence-electron chi connectivity index (χ3n) is 5.85. The number of benzene rings is 2. The standard InChI is InChI=1S/C24H25F3N4O/c1-30-11-9-17(10-12-30)15-28-22(32)8-7-18-13-19(24(25,26)27)14-21-23(18)31(16-29-21)20-5-3-2-4-6-20/h2-8,13-14,16-17H,9-12,15H2,1H3,(H,28,32)/b8-7-. The summed E-state index contributed by atoms with van der Waals surface area (Å²) in [6.45, 7) is 2.57. The molecule has 1 saturated heterocycles. The first-order valence-electron chi connectivity index (χ1n) is 10.6. The summed E-state index contributed by atoms with van der Waals surface area (Å²) in [6.07, 6.45) is 1.76. The second-order valence-electron chi connectivity index (χ2n) is 8.21. The number of para-hydroxylation sites is 1. The van der Waals surface area contributed by atoms with E-state index in [1.165, 1.54) is 18.5 Å². The Kier molecular flexibility index (Phi) is 6.32. The minimum Gasteiger partial charge on any atom is -0.352 e. The summed E-state index contributed by atoms with van der Waals surface area (Å²) in [5.41, 5.74) is 0.995. The molecule has 1 aromatic heterocycles. The number of alkyl halides is 3. The van der Waals surface area contributed by atoms with Crippen molar-refractivity contribution >= 4 is 23.0 Å². The first kappa shape index (κ1) is 22.1. The fourth-order valence-electron chi connectivity index (χ4n) is 3.99. The number of carbonyl (C=O) groups is 1. The van der Waals surface area contributed by atoms with Crippen LogP contribution < -0.4 is 5.32 Å². The molecule has 0 saturated carbocycles. The van der Waals surface area contributed by atoms with E-state index in [1.807, 2.05) is 30.3 Å². The molecule has 0 bridgehead atoms. The number of likely N-dealkylation sites (tertiary alicyclic amines) is 1. The van der Waals surface area contributed by atoms with Crippen LogP contribution in [0.4, 0.5) is 13.2 Å². The first-order chi connectivity index (χ1) is 15.3. The van der Waals surface area contributed by atoms with Crippen LogP contribution in [0.2, 0.25) is 0 Å². The minimum atomic E-state index is -4.51. The van der Waals surface area contributed by atoms with Gasteiger partial charge in [-0.1, -0.05) is 18.2 Å². The summed E-state index contributed by atoms with van der Waals surface area (Å²) in [7, 11) is 2.08. The van der Waals surface area contributed by atoms with Crippen LogP contribution in [0, 0.1) is 5.92 Å². The van der Waals surface area contributed by atoms with Crippen molar-refractivity contribution in [2.75, 3.05) is 26.7 Å². The number of halogens is 3. The van der Waals surface area contributed by atoms with Gasteiger partial charge in [-0.3, -0.25) is 9.36 Å². The van der Waals surface area contributed by atoms with Gasteiger partial charge in [-0.15, -0.1) is 0 Å². The maximum Gasteiger partial charge on any atom is 0.416 e. The number of fused-ring (bicyclic) bond motifs is 1. The van der Waals surface area contributed by atoms with Gasteiger partial charge in [0.05, 0.1) is 16.6 Å². The van der Waals surface area contributed by atoms with E-state index in [0.717, 1.165) is 43.8 Å². The SMILES string of the molecule is CN1CCC(CNC(=O)/C=C\c2cc(C(F)(F)F)cc3ncn(-c4ccccc4)c23)CC1. The lowest BCUT2D eigenvalue weighted by molar-refractivity contribution is -0.137. The zero-order valence-electron chi connectivity index (χ0n) is 17.8. The predicted octanol–water partition coefficient (Wildman–Crippen LogP) is 4.52. The fourth-order valence-corrected chi connectivity index (χ4v) is 3.99. The average Bonchev–Trinajstić information content (AvgIpc) is 3.21. The van der Waals surface area contributed by atoms with Gasteiger partial charge in [-0.2, -0.15) is 13.2 Å². The number of nitrogens with zero attached hydrogens (tertiary/aromatic N) is 3. The van der Waals surface area contributed by atoms with Gasteiger partial charge in [0.25, 0.3) is 0 Å². The average molecular weight is 442 g/mol. The first-order valence-corrected chi connectivity index (χ1v) is 10.6. The number of rotatable bonds is 5. The zero-order chi connectivity index (χ0) is 22.7. The van der Waals surface area contributed by atoms with Gasteiger partial charge >= 0.3 is 6.18 Å². The van der Waals surface area contributed by atoms with Crippen molar-refractivity contribution in [2.24, 2.45) is 5.92 Å². The number of hydrogen-bond donors (Lipinski definition) is 1. The molecule has 8 heteroatoms. The number of amides is 1. The number of hydrogen-bond acceptors (Lipinski definition) is 3. The van der Waals surface area contributed by atoms with Crippen molar-refractivity contribution in [3.63, 3.8) is 0 Å². The second-order valence-corrected chi connectivity index (χ2v) is 8.21. The minimum absolute atomic E-state index is 0.218. The lowest BCUT2D eigenvalue weighted by atomic mass is 9.97. The predicted molar refractivity (Wildman–Crippen MR) is 118 cm³/mol. The van der Waals surface area contributed by atoms with Crippen molar-refractivity contribution in [3.8, 4) is 5.69 Å². The lowest BCUT2D eigenvalue weighted by Crippen LogP contribution is -2.36. The molecule has 2 aromatic carbocycles. The lowest BCUT2D eigenvalue weighted by Gasteiger charge is -2.28. The normalized spacial score (nSPS) is 16.1.